The first kappa shape index (κ1) is 23.4. The molecule has 0 amide bonds. The van der Waals surface area contributed by atoms with Crippen molar-refractivity contribution >= 4 is 44.6 Å². The van der Waals surface area contributed by atoms with Gasteiger partial charge in [0.25, 0.3) is 5.91 Å². The smallest absolute Gasteiger partial charge is 0.340 e. The van der Waals surface area contributed by atoms with E-state index in [1.807, 2.05) is 79.7 Å². The van der Waals surface area contributed by atoms with Gasteiger partial charge in [-0.1, -0.05) is 68.4 Å². The van der Waals surface area contributed by atoms with Crippen molar-refractivity contribution in [2.75, 3.05) is 13.1 Å². The lowest BCUT2D eigenvalue weighted by atomic mass is 9.95. The van der Waals surface area contributed by atoms with E-state index < -0.39 is 12.1 Å². The van der Waals surface area contributed by atoms with Crippen molar-refractivity contribution in [2.24, 2.45) is 0 Å². The summed E-state index contributed by atoms with van der Waals surface area (Å²) < 4.78 is 7.76. The lowest BCUT2D eigenvalue weighted by molar-refractivity contribution is 0.0244. The Balaban J connectivity index is 1.42. The number of carbonyl (C=O) groups is 2. The van der Waals surface area contributed by atoms with E-state index in [1.54, 1.807) is 4.57 Å². The molecule has 3 aromatic carbocycles. The third kappa shape index (κ3) is 3.89. The Bertz CT molecular complexity index is 1620. The van der Waals surface area contributed by atoms with Gasteiger partial charge in [-0.3, -0.25) is 19.2 Å². The Labute approximate surface area is 215 Å². The van der Waals surface area contributed by atoms with E-state index in [0.29, 0.717) is 18.5 Å². The topological polar surface area (TPSA) is 64.4 Å². The number of fused-ring (bicyclic) bond motifs is 5. The summed E-state index contributed by atoms with van der Waals surface area (Å²) in [6, 6.07) is 23.4. The molecule has 37 heavy (non-hydrogen) atoms. The second-order valence-corrected chi connectivity index (χ2v) is 9.56. The number of hydrogen-bond acceptors (Lipinski definition) is 5. The standard InChI is InChI=1S/C31H29N3O3/c1-3-28(30(35)34-26-15-9-6-11-20(26)21-12-7-10-16-27(21)34)37-31(36)29-22-13-5-8-14-24(22)32-25-17-18-33(4-2)19-23(25)29/h5-16,28H,3-4,17-19H2,1-2H3. The van der Waals surface area contributed by atoms with Crippen molar-refractivity contribution in [3.8, 4) is 0 Å². The number of likely N-dealkylation sites (N-methyl/N-ethyl adjacent to an activating group) is 1. The van der Waals surface area contributed by atoms with Gasteiger partial charge in [0.2, 0.25) is 0 Å². The molecule has 6 rings (SSSR count). The zero-order valence-corrected chi connectivity index (χ0v) is 21.1. The highest BCUT2D eigenvalue weighted by Gasteiger charge is 2.31. The summed E-state index contributed by atoms with van der Waals surface area (Å²) in [5.74, 6) is -0.704. The number of nitrogens with zero attached hydrogens (tertiary/aromatic N) is 3. The van der Waals surface area contributed by atoms with Crippen LogP contribution in [0.15, 0.2) is 72.8 Å². The molecule has 0 saturated heterocycles. The number of para-hydroxylation sites is 3. The molecular weight excluding hydrogens is 462 g/mol. The molecule has 1 aliphatic heterocycles. The van der Waals surface area contributed by atoms with Crippen LogP contribution in [-0.4, -0.2) is 45.5 Å². The second-order valence-electron chi connectivity index (χ2n) is 9.56. The molecule has 6 nitrogen and oxygen atoms in total. The van der Waals surface area contributed by atoms with E-state index in [0.717, 1.165) is 63.5 Å². The number of pyridine rings is 1. The number of ether oxygens (including phenoxy) is 1. The number of hydrogen-bond donors (Lipinski definition) is 0. The molecular formula is C31H29N3O3. The molecule has 5 aromatic rings. The first-order valence-electron chi connectivity index (χ1n) is 13.0. The average Bonchev–Trinajstić information content (AvgIpc) is 3.28. The molecule has 0 aliphatic carbocycles. The maximum absolute atomic E-state index is 13.9. The van der Waals surface area contributed by atoms with Gasteiger partial charge in [0, 0.05) is 46.9 Å². The molecule has 6 heteroatoms. The quantitative estimate of drug-likeness (QED) is 0.282. The molecule has 0 saturated carbocycles. The predicted octanol–water partition coefficient (Wildman–Crippen LogP) is 6.00. The molecule has 0 spiro atoms. The number of aromatic nitrogens is 2. The van der Waals surface area contributed by atoms with E-state index in [9.17, 15) is 9.59 Å². The zero-order valence-electron chi connectivity index (χ0n) is 21.1. The molecule has 1 aliphatic rings. The molecule has 0 radical (unpaired) electrons. The highest BCUT2D eigenvalue weighted by molar-refractivity contribution is 6.14. The summed E-state index contributed by atoms with van der Waals surface area (Å²) in [7, 11) is 0. The van der Waals surface area contributed by atoms with Gasteiger partial charge in [-0.25, -0.2) is 4.79 Å². The number of rotatable bonds is 5. The van der Waals surface area contributed by atoms with E-state index >= 15 is 0 Å². The zero-order chi connectivity index (χ0) is 25.5. The molecule has 1 atom stereocenters. The van der Waals surface area contributed by atoms with Gasteiger partial charge in [0.05, 0.1) is 22.1 Å². The van der Waals surface area contributed by atoms with Gasteiger partial charge in [-0.2, -0.15) is 0 Å². The van der Waals surface area contributed by atoms with Crippen LogP contribution in [0, 0.1) is 0 Å². The molecule has 3 heterocycles. The lowest BCUT2D eigenvalue weighted by Crippen LogP contribution is -2.34. The van der Waals surface area contributed by atoms with Gasteiger partial charge >= 0.3 is 5.97 Å². The van der Waals surface area contributed by atoms with Crippen molar-refractivity contribution < 1.29 is 14.3 Å². The average molecular weight is 492 g/mol. The number of esters is 1. The van der Waals surface area contributed by atoms with Gasteiger partial charge < -0.3 is 4.74 Å². The van der Waals surface area contributed by atoms with Crippen LogP contribution in [-0.2, 0) is 17.7 Å². The summed E-state index contributed by atoms with van der Waals surface area (Å²) in [4.78, 5) is 35.0. The fraction of sp³-hybridized carbons (Fsp3) is 0.258. The largest absolute Gasteiger partial charge is 0.449 e. The highest BCUT2D eigenvalue weighted by Crippen LogP contribution is 2.31. The van der Waals surface area contributed by atoms with Gasteiger partial charge in [0.1, 0.15) is 0 Å². The predicted molar refractivity (Wildman–Crippen MR) is 146 cm³/mol. The van der Waals surface area contributed by atoms with Crippen LogP contribution >= 0.6 is 0 Å². The van der Waals surface area contributed by atoms with Gasteiger partial charge in [-0.15, -0.1) is 0 Å². The molecule has 0 N–H and O–H groups in total. The van der Waals surface area contributed by atoms with E-state index in [1.165, 1.54) is 0 Å². The highest BCUT2D eigenvalue weighted by atomic mass is 16.5. The summed E-state index contributed by atoms with van der Waals surface area (Å²) in [6.07, 6.45) is 0.240. The first-order valence-corrected chi connectivity index (χ1v) is 13.0. The van der Waals surface area contributed by atoms with Gasteiger partial charge in [-0.05, 0) is 31.2 Å². The van der Waals surface area contributed by atoms with Crippen LogP contribution in [0.3, 0.4) is 0 Å². The third-order valence-electron chi connectivity index (χ3n) is 7.47. The Morgan fingerprint density at radius 3 is 2.16 bits per heavy atom. The van der Waals surface area contributed by atoms with Crippen molar-refractivity contribution in [2.45, 2.75) is 39.3 Å². The maximum Gasteiger partial charge on any atom is 0.340 e. The van der Waals surface area contributed by atoms with Crippen LogP contribution < -0.4 is 0 Å². The maximum atomic E-state index is 13.9. The number of carbonyl (C=O) groups excluding carboxylic acids is 2. The Morgan fingerprint density at radius 1 is 0.892 bits per heavy atom. The fourth-order valence-corrected chi connectivity index (χ4v) is 5.55. The third-order valence-corrected chi connectivity index (χ3v) is 7.47. The Morgan fingerprint density at radius 2 is 1.51 bits per heavy atom. The molecule has 1 unspecified atom stereocenters. The molecule has 0 bridgehead atoms. The van der Waals surface area contributed by atoms with Crippen molar-refractivity contribution in [3.63, 3.8) is 0 Å². The van der Waals surface area contributed by atoms with E-state index in [4.69, 9.17) is 9.72 Å². The minimum atomic E-state index is -0.917. The van der Waals surface area contributed by atoms with Crippen LogP contribution in [0.1, 0.15) is 46.7 Å². The summed E-state index contributed by atoms with van der Waals surface area (Å²) >= 11 is 0. The van der Waals surface area contributed by atoms with Gasteiger partial charge in [0.15, 0.2) is 6.10 Å². The van der Waals surface area contributed by atoms with Crippen LogP contribution in [0.4, 0.5) is 0 Å². The SMILES string of the molecule is CCC(OC(=O)c1c2c(nc3ccccc13)CCN(CC)C2)C(=O)n1c2ccccc2c2ccccc21. The van der Waals surface area contributed by atoms with Crippen molar-refractivity contribution in [3.05, 3.63) is 89.6 Å². The van der Waals surface area contributed by atoms with E-state index in [-0.39, 0.29) is 5.91 Å². The van der Waals surface area contributed by atoms with Crippen molar-refractivity contribution in [1.29, 1.82) is 0 Å². The normalized spacial score (nSPS) is 14.6. The summed E-state index contributed by atoms with van der Waals surface area (Å²) in [5.41, 5.74) is 4.79. The minimum absolute atomic E-state index is 0.240. The summed E-state index contributed by atoms with van der Waals surface area (Å²) in [6.45, 7) is 6.45. The molecule has 186 valence electrons. The van der Waals surface area contributed by atoms with Crippen LogP contribution in [0.25, 0.3) is 32.7 Å². The van der Waals surface area contributed by atoms with Crippen LogP contribution in [0.2, 0.25) is 0 Å². The monoisotopic (exact) mass is 491 g/mol. The Kier molecular flexibility index (Phi) is 5.97. The van der Waals surface area contributed by atoms with Crippen molar-refractivity contribution in [1.82, 2.24) is 14.5 Å². The van der Waals surface area contributed by atoms with Crippen LogP contribution in [0.5, 0.6) is 0 Å². The Hall–Kier alpha value is -4.03. The molecule has 0 fully saturated rings. The first-order chi connectivity index (χ1) is 18.1. The fourth-order valence-electron chi connectivity index (χ4n) is 5.55. The number of benzene rings is 3. The summed E-state index contributed by atoms with van der Waals surface area (Å²) in [5, 5.41) is 2.77. The second kappa shape index (κ2) is 9.45. The minimum Gasteiger partial charge on any atom is -0.449 e. The lowest BCUT2D eigenvalue weighted by Gasteiger charge is -2.29. The molecule has 2 aromatic heterocycles. The van der Waals surface area contributed by atoms with E-state index in [2.05, 4.69) is 11.8 Å².